The van der Waals surface area contributed by atoms with Crippen molar-refractivity contribution in [3.63, 3.8) is 0 Å². The molecule has 4 amide bonds. The Morgan fingerprint density at radius 2 is 1.59 bits per heavy atom. The zero-order valence-corrected chi connectivity index (χ0v) is 18.4. The van der Waals surface area contributed by atoms with E-state index in [1.165, 1.54) is 29.3 Å². The lowest BCUT2D eigenvalue weighted by Crippen LogP contribution is -2.31. The van der Waals surface area contributed by atoms with Gasteiger partial charge in [0.25, 0.3) is 23.6 Å². The largest absolute Gasteiger partial charge is 0.385 e. The molecule has 1 aliphatic heterocycles. The molecule has 1 aromatic heterocycles. The Bertz CT molecular complexity index is 1260. The van der Waals surface area contributed by atoms with Gasteiger partial charge in [-0.25, -0.2) is 0 Å². The van der Waals surface area contributed by atoms with Crippen molar-refractivity contribution < 1.29 is 23.9 Å². The molecule has 172 valence electrons. The number of benzene rings is 2. The molecule has 2 aromatic carbocycles. The van der Waals surface area contributed by atoms with Crippen molar-refractivity contribution in [1.82, 2.24) is 9.88 Å². The van der Waals surface area contributed by atoms with Gasteiger partial charge in [-0.3, -0.25) is 29.1 Å². The maximum absolute atomic E-state index is 12.8. The molecule has 0 aliphatic carbocycles. The third-order valence-corrected chi connectivity index (χ3v) is 5.27. The van der Waals surface area contributed by atoms with Crippen molar-refractivity contribution in [2.45, 2.75) is 6.42 Å². The Labute approximate surface area is 195 Å². The highest BCUT2D eigenvalue weighted by molar-refractivity contribution is 6.22. The minimum Gasteiger partial charge on any atom is -0.385 e. The average molecular weight is 458 g/mol. The van der Waals surface area contributed by atoms with E-state index in [-0.39, 0.29) is 35.0 Å². The highest BCUT2D eigenvalue weighted by Crippen LogP contribution is 2.25. The molecule has 0 radical (unpaired) electrons. The van der Waals surface area contributed by atoms with Gasteiger partial charge in [-0.1, -0.05) is 6.07 Å². The van der Waals surface area contributed by atoms with Crippen LogP contribution < -0.4 is 10.6 Å². The summed E-state index contributed by atoms with van der Waals surface area (Å²) >= 11 is 0. The van der Waals surface area contributed by atoms with Crippen molar-refractivity contribution in [3.8, 4) is 0 Å². The van der Waals surface area contributed by atoms with Gasteiger partial charge in [0, 0.05) is 49.6 Å². The summed E-state index contributed by atoms with van der Waals surface area (Å²) in [6.07, 6.45) is 3.57. The third kappa shape index (κ3) is 4.84. The van der Waals surface area contributed by atoms with Crippen molar-refractivity contribution in [2.24, 2.45) is 0 Å². The van der Waals surface area contributed by atoms with Crippen molar-refractivity contribution in [2.75, 3.05) is 30.9 Å². The second-order valence-electron chi connectivity index (χ2n) is 7.60. The molecule has 4 rings (SSSR count). The number of nitrogens with one attached hydrogen (secondary N) is 2. The normalized spacial score (nSPS) is 12.4. The fourth-order valence-electron chi connectivity index (χ4n) is 3.58. The van der Waals surface area contributed by atoms with Crippen LogP contribution in [-0.2, 0) is 4.74 Å². The van der Waals surface area contributed by atoms with Crippen LogP contribution >= 0.6 is 0 Å². The van der Waals surface area contributed by atoms with Crippen LogP contribution in [0.3, 0.4) is 0 Å². The second kappa shape index (κ2) is 10.1. The number of carbonyl (C=O) groups excluding carboxylic acids is 4. The first-order valence-corrected chi connectivity index (χ1v) is 10.6. The number of aromatic nitrogens is 1. The zero-order chi connectivity index (χ0) is 24.1. The Morgan fingerprint density at radius 3 is 2.26 bits per heavy atom. The maximum atomic E-state index is 12.8. The molecule has 0 saturated heterocycles. The van der Waals surface area contributed by atoms with E-state index in [4.69, 9.17) is 4.74 Å². The summed E-state index contributed by atoms with van der Waals surface area (Å²) in [5.74, 6) is -1.57. The van der Waals surface area contributed by atoms with Crippen LogP contribution in [0.1, 0.15) is 47.9 Å². The van der Waals surface area contributed by atoms with Crippen LogP contribution in [0.2, 0.25) is 0 Å². The quantitative estimate of drug-likeness (QED) is 0.395. The van der Waals surface area contributed by atoms with Crippen molar-refractivity contribution in [1.29, 1.82) is 0 Å². The van der Waals surface area contributed by atoms with Gasteiger partial charge in [0.15, 0.2) is 0 Å². The number of hydrogen-bond acceptors (Lipinski definition) is 6. The van der Waals surface area contributed by atoms with E-state index in [1.54, 1.807) is 49.7 Å². The van der Waals surface area contributed by atoms with E-state index in [0.29, 0.717) is 30.0 Å². The first-order valence-electron chi connectivity index (χ1n) is 10.6. The summed E-state index contributed by atoms with van der Waals surface area (Å²) in [5, 5.41) is 5.51. The zero-order valence-electron chi connectivity index (χ0n) is 18.4. The smallest absolute Gasteiger partial charge is 0.261 e. The van der Waals surface area contributed by atoms with Crippen LogP contribution in [-0.4, -0.2) is 53.8 Å². The highest BCUT2D eigenvalue weighted by atomic mass is 16.5. The van der Waals surface area contributed by atoms with Gasteiger partial charge in [0.2, 0.25) is 0 Å². The number of amides is 4. The lowest BCUT2D eigenvalue weighted by molar-refractivity contribution is 0.0638. The summed E-state index contributed by atoms with van der Waals surface area (Å²) in [7, 11) is 1.55. The molecular weight excluding hydrogens is 436 g/mol. The first kappa shape index (κ1) is 22.8. The first-order chi connectivity index (χ1) is 16.5. The molecule has 0 atom stereocenters. The number of ether oxygens (including phenoxy) is 1. The standard InChI is InChI=1S/C25H22N4O5/c1-34-12-4-11-29-24(32)20-9-8-16(13-21(20)25(29)33)22(30)27-18-6-2-7-19(14-18)28-23(31)17-5-3-10-26-15-17/h2-3,5-10,13-15H,4,11-12H2,1H3,(H,27,30)(H,28,31). The minimum absolute atomic E-state index is 0.201. The average Bonchev–Trinajstić information content (AvgIpc) is 3.09. The molecule has 1 aliphatic rings. The Kier molecular flexibility index (Phi) is 6.74. The number of imide groups is 1. The summed E-state index contributed by atoms with van der Waals surface area (Å²) in [6, 6.07) is 14.4. The predicted molar refractivity (Wildman–Crippen MR) is 125 cm³/mol. The third-order valence-electron chi connectivity index (χ3n) is 5.27. The Balaban J connectivity index is 1.45. The van der Waals surface area contributed by atoms with Gasteiger partial charge in [-0.05, 0) is 55.0 Å². The molecule has 9 heteroatoms. The van der Waals surface area contributed by atoms with Crippen molar-refractivity contribution in [3.05, 3.63) is 89.2 Å². The topological polar surface area (TPSA) is 118 Å². The van der Waals surface area contributed by atoms with E-state index in [0.717, 1.165) is 0 Å². The summed E-state index contributed by atoms with van der Waals surface area (Å²) in [6.45, 7) is 0.683. The second-order valence-corrected chi connectivity index (χ2v) is 7.60. The number of pyridine rings is 1. The summed E-state index contributed by atoms with van der Waals surface area (Å²) < 4.78 is 4.98. The number of hydrogen-bond donors (Lipinski definition) is 2. The number of nitrogens with zero attached hydrogens (tertiary/aromatic N) is 2. The van der Waals surface area contributed by atoms with E-state index < -0.39 is 11.8 Å². The molecule has 0 bridgehead atoms. The van der Waals surface area contributed by atoms with Gasteiger partial charge in [-0.2, -0.15) is 0 Å². The van der Waals surface area contributed by atoms with Crippen LogP contribution in [0.4, 0.5) is 11.4 Å². The van der Waals surface area contributed by atoms with Gasteiger partial charge >= 0.3 is 0 Å². The number of methoxy groups -OCH3 is 1. The number of carbonyl (C=O) groups is 4. The number of rotatable bonds is 8. The van der Waals surface area contributed by atoms with Crippen molar-refractivity contribution >= 4 is 35.0 Å². The molecule has 3 aromatic rings. The van der Waals surface area contributed by atoms with Crippen LogP contribution in [0.25, 0.3) is 0 Å². The number of fused-ring (bicyclic) bond motifs is 1. The van der Waals surface area contributed by atoms with Crippen LogP contribution in [0, 0.1) is 0 Å². The van der Waals surface area contributed by atoms with Gasteiger partial charge in [0.05, 0.1) is 16.7 Å². The number of anilines is 2. The summed E-state index contributed by atoms with van der Waals surface area (Å²) in [5.41, 5.74) is 2.08. The van der Waals surface area contributed by atoms with Gasteiger partial charge in [-0.15, -0.1) is 0 Å². The lowest BCUT2D eigenvalue weighted by atomic mass is 10.1. The van der Waals surface area contributed by atoms with E-state index in [1.807, 2.05) is 0 Å². The molecule has 34 heavy (non-hydrogen) atoms. The molecule has 0 fully saturated rings. The fraction of sp³-hybridized carbons (Fsp3) is 0.160. The lowest BCUT2D eigenvalue weighted by Gasteiger charge is -2.12. The predicted octanol–water partition coefficient (Wildman–Crippen LogP) is 3.22. The van der Waals surface area contributed by atoms with E-state index in [9.17, 15) is 19.2 Å². The SMILES string of the molecule is COCCCN1C(=O)c2ccc(C(=O)Nc3cccc(NC(=O)c4cccnc4)c3)cc2C1=O. The van der Waals surface area contributed by atoms with E-state index >= 15 is 0 Å². The van der Waals surface area contributed by atoms with Gasteiger partial charge in [0.1, 0.15) is 0 Å². The fourth-order valence-corrected chi connectivity index (χ4v) is 3.58. The molecule has 0 spiro atoms. The Morgan fingerprint density at radius 1 is 0.882 bits per heavy atom. The highest BCUT2D eigenvalue weighted by Gasteiger charge is 2.35. The monoisotopic (exact) mass is 458 g/mol. The molecular formula is C25H22N4O5. The van der Waals surface area contributed by atoms with Gasteiger partial charge < -0.3 is 15.4 Å². The molecule has 2 heterocycles. The molecule has 9 nitrogen and oxygen atoms in total. The molecule has 0 saturated carbocycles. The minimum atomic E-state index is -0.448. The molecule has 0 unspecified atom stereocenters. The van der Waals surface area contributed by atoms with Crippen LogP contribution in [0.15, 0.2) is 67.0 Å². The van der Waals surface area contributed by atoms with E-state index in [2.05, 4.69) is 15.6 Å². The van der Waals surface area contributed by atoms with Crippen LogP contribution in [0.5, 0.6) is 0 Å². The maximum Gasteiger partial charge on any atom is 0.261 e. The Hall–Kier alpha value is -4.37. The molecule has 2 N–H and O–H groups in total. The summed E-state index contributed by atoms with van der Waals surface area (Å²) in [4.78, 5) is 55.5.